The van der Waals surface area contributed by atoms with Gasteiger partial charge in [-0.3, -0.25) is 9.59 Å². The van der Waals surface area contributed by atoms with Crippen molar-refractivity contribution in [1.29, 1.82) is 0 Å². The first-order valence-corrected chi connectivity index (χ1v) is 7.91. The third-order valence-electron chi connectivity index (χ3n) is 3.84. The maximum atomic E-state index is 12.4. The molecule has 2 aromatic rings. The lowest BCUT2D eigenvalue weighted by molar-refractivity contribution is -0.117. The van der Waals surface area contributed by atoms with Crippen molar-refractivity contribution in [3.8, 4) is 17.2 Å². The molecule has 0 saturated carbocycles. The highest BCUT2D eigenvalue weighted by Crippen LogP contribution is 2.38. The molecule has 2 amide bonds. The van der Waals surface area contributed by atoms with E-state index >= 15 is 0 Å². The largest absolute Gasteiger partial charge is 0.493 e. The van der Waals surface area contributed by atoms with E-state index in [2.05, 4.69) is 5.32 Å². The predicted octanol–water partition coefficient (Wildman–Crippen LogP) is 2.11. The molecule has 2 aromatic carbocycles. The lowest BCUT2D eigenvalue weighted by atomic mass is 10.1. The van der Waals surface area contributed by atoms with Crippen LogP contribution in [0.25, 0.3) is 0 Å². The standard InChI is InChI=1S/C19H22N2O5/c1-21(14-8-6-5-7-9-14)17(22)12-20-19(23)13-10-15(24-2)18(26-4)16(11-13)25-3/h5-11H,12H2,1-4H3,(H,20,23). The molecular formula is C19H22N2O5. The minimum atomic E-state index is -0.418. The Labute approximate surface area is 152 Å². The summed E-state index contributed by atoms with van der Waals surface area (Å²) in [6.07, 6.45) is 0. The van der Waals surface area contributed by atoms with Crippen LogP contribution in [0.3, 0.4) is 0 Å². The molecule has 7 nitrogen and oxygen atoms in total. The number of carbonyl (C=O) groups excluding carboxylic acids is 2. The number of nitrogens with one attached hydrogen (secondary N) is 1. The van der Waals surface area contributed by atoms with E-state index in [9.17, 15) is 9.59 Å². The summed E-state index contributed by atoms with van der Waals surface area (Å²) in [6, 6.07) is 12.2. The SMILES string of the molecule is COc1cc(C(=O)NCC(=O)N(C)c2ccccc2)cc(OC)c1OC. The van der Waals surface area contributed by atoms with E-state index < -0.39 is 5.91 Å². The van der Waals surface area contributed by atoms with E-state index in [0.29, 0.717) is 22.8 Å². The van der Waals surface area contributed by atoms with Gasteiger partial charge in [-0.25, -0.2) is 0 Å². The smallest absolute Gasteiger partial charge is 0.251 e. The van der Waals surface area contributed by atoms with E-state index in [1.807, 2.05) is 30.3 Å². The van der Waals surface area contributed by atoms with Gasteiger partial charge in [-0.05, 0) is 24.3 Å². The van der Waals surface area contributed by atoms with Crippen LogP contribution >= 0.6 is 0 Å². The zero-order valence-corrected chi connectivity index (χ0v) is 15.2. The number of carbonyl (C=O) groups is 2. The molecule has 0 bridgehead atoms. The van der Waals surface area contributed by atoms with Crippen molar-refractivity contribution in [1.82, 2.24) is 5.32 Å². The van der Waals surface area contributed by atoms with Crippen molar-refractivity contribution >= 4 is 17.5 Å². The van der Waals surface area contributed by atoms with Gasteiger partial charge in [0.1, 0.15) is 0 Å². The monoisotopic (exact) mass is 358 g/mol. The number of likely N-dealkylation sites (N-methyl/N-ethyl adjacent to an activating group) is 1. The molecule has 0 aliphatic carbocycles. The zero-order valence-electron chi connectivity index (χ0n) is 15.2. The first-order valence-electron chi connectivity index (χ1n) is 7.91. The Morgan fingerprint density at radius 2 is 1.54 bits per heavy atom. The molecule has 0 aromatic heterocycles. The zero-order chi connectivity index (χ0) is 19.1. The Morgan fingerprint density at radius 3 is 2.04 bits per heavy atom. The van der Waals surface area contributed by atoms with Crippen LogP contribution in [0.2, 0.25) is 0 Å². The highest BCUT2D eigenvalue weighted by Gasteiger charge is 2.18. The van der Waals surface area contributed by atoms with Crippen molar-refractivity contribution in [2.45, 2.75) is 0 Å². The Hall–Kier alpha value is -3.22. The average Bonchev–Trinajstić information content (AvgIpc) is 2.70. The van der Waals surface area contributed by atoms with Gasteiger partial charge < -0.3 is 24.4 Å². The van der Waals surface area contributed by atoms with Crippen LogP contribution in [0.1, 0.15) is 10.4 Å². The maximum Gasteiger partial charge on any atom is 0.251 e. The van der Waals surface area contributed by atoms with Crippen LogP contribution in [0.15, 0.2) is 42.5 Å². The molecule has 0 radical (unpaired) electrons. The minimum absolute atomic E-state index is 0.138. The number of rotatable bonds is 7. The number of methoxy groups -OCH3 is 3. The Bertz CT molecular complexity index is 752. The van der Waals surface area contributed by atoms with Crippen LogP contribution in [0, 0.1) is 0 Å². The highest BCUT2D eigenvalue weighted by molar-refractivity contribution is 6.00. The van der Waals surface area contributed by atoms with Crippen LogP contribution in [-0.4, -0.2) is 46.7 Å². The second-order valence-corrected chi connectivity index (χ2v) is 5.38. The molecule has 0 unspecified atom stereocenters. The van der Waals surface area contributed by atoms with E-state index in [-0.39, 0.29) is 12.5 Å². The van der Waals surface area contributed by atoms with Gasteiger partial charge in [0.2, 0.25) is 11.7 Å². The topological polar surface area (TPSA) is 77.1 Å². The van der Waals surface area contributed by atoms with Gasteiger partial charge >= 0.3 is 0 Å². The molecule has 0 heterocycles. The van der Waals surface area contributed by atoms with Crippen molar-refractivity contribution in [2.24, 2.45) is 0 Å². The van der Waals surface area contributed by atoms with Crippen molar-refractivity contribution in [3.63, 3.8) is 0 Å². The second kappa shape index (κ2) is 8.75. The Balaban J connectivity index is 2.09. The molecule has 138 valence electrons. The second-order valence-electron chi connectivity index (χ2n) is 5.38. The number of ether oxygens (including phenoxy) is 3. The lowest BCUT2D eigenvalue weighted by Gasteiger charge is -2.18. The van der Waals surface area contributed by atoms with Crippen LogP contribution in [0.4, 0.5) is 5.69 Å². The molecular weight excluding hydrogens is 336 g/mol. The van der Waals surface area contributed by atoms with E-state index in [1.165, 1.54) is 38.4 Å². The number of benzene rings is 2. The summed E-state index contributed by atoms with van der Waals surface area (Å²) in [7, 11) is 6.08. The molecule has 0 atom stereocenters. The number of anilines is 1. The number of hydrogen-bond donors (Lipinski definition) is 1. The Morgan fingerprint density at radius 1 is 0.962 bits per heavy atom. The molecule has 1 N–H and O–H groups in total. The first-order chi connectivity index (χ1) is 12.5. The van der Waals surface area contributed by atoms with Gasteiger partial charge in [-0.15, -0.1) is 0 Å². The van der Waals surface area contributed by atoms with Crippen molar-refractivity contribution in [3.05, 3.63) is 48.0 Å². The lowest BCUT2D eigenvalue weighted by Crippen LogP contribution is -2.38. The van der Waals surface area contributed by atoms with Crippen LogP contribution in [0.5, 0.6) is 17.2 Å². The van der Waals surface area contributed by atoms with Crippen LogP contribution < -0.4 is 24.4 Å². The summed E-state index contributed by atoms with van der Waals surface area (Å²) in [5, 5.41) is 2.61. The summed E-state index contributed by atoms with van der Waals surface area (Å²) in [5.41, 5.74) is 1.05. The summed E-state index contributed by atoms with van der Waals surface area (Å²) in [6.45, 7) is -0.138. The number of amides is 2. The van der Waals surface area contributed by atoms with E-state index in [1.54, 1.807) is 7.05 Å². The minimum Gasteiger partial charge on any atom is -0.493 e. The summed E-state index contributed by atoms with van der Waals surface area (Å²) < 4.78 is 15.7. The number of para-hydroxylation sites is 1. The molecule has 2 rings (SSSR count). The van der Waals surface area contributed by atoms with E-state index in [4.69, 9.17) is 14.2 Å². The molecule has 0 aliphatic heterocycles. The van der Waals surface area contributed by atoms with Crippen LogP contribution in [-0.2, 0) is 4.79 Å². The third-order valence-corrected chi connectivity index (χ3v) is 3.84. The van der Waals surface area contributed by atoms with Crippen molar-refractivity contribution in [2.75, 3.05) is 39.8 Å². The van der Waals surface area contributed by atoms with Gasteiger partial charge in [0, 0.05) is 18.3 Å². The normalized spacial score (nSPS) is 10.0. The van der Waals surface area contributed by atoms with Gasteiger partial charge in [0.25, 0.3) is 5.91 Å². The summed E-state index contributed by atoms with van der Waals surface area (Å²) in [5.74, 6) is 0.469. The van der Waals surface area contributed by atoms with Gasteiger partial charge in [-0.1, -0.05) is 18.2 Å². The predicted molar refractivity (Wildman–Crippen MR) is 98.3 cm³/mol. The number of hydrogen-bond acceptors (Lipinski definition) is 5. The molecule has 0 aliphatic rings. The quantitative estimate of drug-likeness (QED) is 0.820. The fourth-order valence-electron chi connectivity index (χ4n) is 2.38. The molecule has 0 spiro atoms. The summed E-state index contributed by atoms with van der Waals surface area (Å²) in [4.78, 5) is 26.2. The third kappa shape index (κ3) is 4.24. The molecule has 7 heteroatoms. The van der Waals surface area contributed by atoms with E-state index in [0.717, 1.165) is 5.69 Å². The maximum absolute atomic E-state index is 12.4. The van der Waals surface area contributed by atoms with Crippen molar-refractivity contribution < 1.29 is 23.8 Å². The fraction of sp³-hybridized carbons (Fsp3) is 0.263. The first kappa shape index (κ1) is 19.1. The fourth-order valence-corrected chi connectivity index (χ4v) is 2.38. The average molecular weight is 358 g/mol. The van der Waals surface area contributed by atoms with Gasteiger partial charge in [-0.2, -0.15) is 0 Å². The molecule has 0 fully saturated rings. The molecule has 0 saturated heterocycles. The summed E-state index contributed by atoms with van der Waals surface area (Å²) >= 11 is 0. The Kier molecular flexibility index (Phi) is 6.43. The van der Waals surface area contributed by atoms with Gasteiger partial charge in [0.05, 0.1) is 27.9 Å². The highest BCUT2D eigenvalue weighted by atomic mass is 16.5. The van der Waals surface area contributed by atoms with Gasteiger partial charge in [0.15, 0.2) is 11.5 Å². The molecule has 26 heavy (non-hydrogen) atoms. The number of nitrogens with zero attached hydrogens (tertiary/aromatic N) is 1.